The van der Waals surface area contributed by atoms with Crippen molar-refractivity contribution in [3.05, 3.63) is 65.7 Å². The fraction of sp³-hybridized carbons (Fsp3) is 0.440. The summed E-state index contributed by atoms with van der Waals surface area (Å²) in [6.07, 6.45) is 3.07. The number of hydrogen-bond acceptors (Lipinski definition) is 4. The number of nitrogens with zero attached hydrogens (tertiary/aromatic N) is 2. The van der Waals surface area contributed by atoms with Crippen LogP contribution in [0, 0.1) is 5.92 Å². The molecule has 2 N–H and O–H groups in total. The molecule has 0 aromatic heterocycles. The van der Waals surface area contributed by atoms with Crippen molar-refractivity contribution < 1.29 is 14.3 Å². The number of rotatable bonds is 2. The van der Waals surface area contributed by atoms with Crippen LogP contribution >= 0.6 is 0 Å². The second-order valence-corrected chi connectivity index (χ2v) is 8.75. The lowest BCUT2D eigenvalue weighted by Crippen LogP contribution is -2.48. The van der Waals surface area contributed by atoms with E-state index in [0.717, 1.165) is 12.8 Å². The van der Waals surface area contributed by atoms with Gasteiger partial charge in [0.25, 0.3) is 5.91 Å². The van der Waals surface area contributed by atoms with Gasteiger partial charge in [-0.2, -0.15) is 0 Å². The molecule has 164 valence electrons. The number of nitrogens with two attached hydrogens (primary N) is 1. The molecule has 0 aliphatic carbocycles. The number of ether oxygens (including phenoxy) is 1. The van der Waals surface area contributed by atoms with Crippen LogP contribution in [0.3, 0.4) is 0 Å². The van der Waals surface area contributed by atoms with Gasteiger partial charge in [0.05, 0.1) is 12.1 Å². The number of carbonyl (C=O) groups excluding carboxylic acids is 2. The fourth-order valence-corrected chi connectivity index (χ4v) is 4.66. The van der Waals surface area contributed by atoms with E-state index in [2.05, 4.69) is 24.3 Å². The largest absolute Gasteiger partial charge is 0.491 e. The van der Waals surface area contributed by atoms with Gasteiger partial charge in [0, 0.05) is 25.7 Å². The molecule has 31 heavy (non-hydrogen) atoms. The van der Waals surface area contributed by atoms with Gasteiger partial charge in [-0.1, -0.05) is 36.4 Å². The summed E-state index contributed by atoms with van der Waals surface area (Å²) in [6, 6.07) is 17.1. The molecule has 2 aromatic rings. The van der Waals surface area contributed by atoms with Crippen LogP contribution in [0.5, 0.6) is 5.75 Å². The lowest BCUT2D eigenvalue weighted by atomic mass is 9.97. The summed E-state index contributed by atoms with van der Waals surface area (Å²) in [5, 5.41) is 0. The van der Waals surface area contributed by atoms with Gasteiger partial charge in [-0.15, -0.1) is 0 Å². The number of carbonyl (C=O) groups is 2. The van der Waals surface area contributed by atoms with Crippen LogP contribution < -0.4 is 10.5 Å². The maximum absolute atomic E-state index is 13.2. The Labute approximate surface area is 184 Å². The molecule has 6 nitrogen and oxygen atoms in total. The van der Waals surface area contributed by atoms with E-state index in [4.69, 9.17) is 10.5 Å². The highest BCUT2D eigenvalue weighted by atomic mass is 16.5. The average molecular weight is 422 g/mol. The molecule has 2 amide bonds. The highest BCUT2D eigenvalue weighted by Gasteiger charge is 2.37. The third-order valence-electron chi connectivity index (χ3n) is 6.35. The van der Waals surface area contributed by atoms with Gasteiger partial charge in [-0.3, -0.25) is 9.59 Å². The quantitative estimate of drug-likeness (QED) is 0.809. The van der Waals surface area contributed by atoms with Gasteiger partial charge in [0.2, 0.25) is 5.91 Å². The van der Waals surface area contributed by atoms with E-state index in [1.54, 1.807) is 18.0 Å². The van der Waals surface area contributed by atoms with Crippen molar-refractivity contribution in [2.45, 2.75) is 37.8 Å². The number of fused-ring (bicyclic) bond motifs is 3. The predicted octanol–water partition coefficient (Wildman–Crippen LogP) is 2.72. The topological polar surface area (TPSA) is 75.9 Å². The van der Waals surface area contributed by atoms with E-state index in [9.17, 15) is 9.59 Å². The first-order valence-corrected chi connectivity index (χ1v) is 11.1. The Kier molecular flexibility index (Phi) is 6.56. The van der Waals surface area contributed by atoms with Crippen LogP contribution in [-0.2, 0) is 11.2 Å². The summed E-state index contributed by atoms with van der Waals surface area (Å²) >= 11 is 0. The molecule has 2 aliphatic heterocycles. The van der Waals surface area contributed by atoms with Gasteiger partial charge in [-0.05, 0) is 55.4 Å². The molecular formula is C25H31N3O3. The third kappa shape index (κ3) is 5.07. The van der Waals surface area contributed by atoms with Gasteiger partial charge >= 0.3 is 0 Å². The van der Waals surface area contributed by atoms with Crippen molar-refractivity contribution in [1.82, 2.24) is 9.80 Å². The van der Waals surface area contributed by atoms with Crippen LogP contribution in [0.15, 0.2) is 54.6 Å². The first-order valence-electron chi connectivity index (χ1n) is 11.1. The standard InChI is InChI=1S/C25H31N3O3/c1-27-12-6-11-23(26)25(30)28-16-19(13-18-7-3-2-4-8-18)14-21(28)17-31-22-10-5-9-20(15-22)24(27)29/h2-5,7-10,15,19,21,23H,6,11-14,16-17,26H2,1H3/t19-,21-,23-/m0/s1. The van der Waals surface area contributed by atoms with Crippen molar-refractivity contribution >= 4 is 11.8 Å². The maximum atomic E-state index is 13.2. The molecular weight excluding hydrogens is 390 g/mol. The lowest BCUT2D eigenvalue weighted by Gasteiger charge is -2.28. The molecule has 2 bridgehead atoms. The molecule has 0 spiro atoms. The highest BCUT2D eigenvalue weighted by molar-refractivity contribution is 5.94. The Morgan fingerprint density at radius 1 is 1.10 bits per heavy atom. The average Bonchev–Trinajstić information content (AvgIpc) is 3.19. The molecule has 0 unspecified atom stereocenters. The predicted molar refractivity (Wildman–Crippen MR) is 120 cm³/mol. The van der Waals surface area contributed by atoms with Gasteiger partial charge in [-0.25, -0.2) is 0 Å². The summed E-state index contributed by atoms with van der Waals surface area (Å²) in [5.41, 5.74) is 8.18. The van der Waals surface area contributed by atoms with Crippen molar-refractivity contribution in [3.63, 3.8) is 0 Å². The summed E-state index contributed by atoms with van der Waals surface area (Å²) in [5.74, 6) is 0.971. The Hall–Kier alpha value is -2.86. The van der Waals surface area contributed by atoms with Crippen molar-refractivity contribution in [2.24, 2.45) is 11.7 Å². The van der Waals surface area contributed by atoms with E-state index in [1.807, 2.05) is 29.2 Å². The number of benzene rings is 2. The summed E-state index contributed by atoms with van der Waals surface area (Å²) in [6.45, 7) is 1.66. The van der Waals surface area contributed by atoms with Crippen LogP contribution in [0.1, 0.15) is 35.2 Å². The van der Waals surface area contributed by atoms with Crippen molar-refractivity contribution in [2.75, 3.05) is 26.7 Å². The first-order chi connectivity index (χ1) is 15.0. The van der Waals surface area contributed by atoms with Crippen LogP contribution in [0.25, 0.3) is 0 Å². The van der Waals surface area contributed by atoms with Gasteiger partial charge in [0.15, 0.2) is 0 Å². The molecule has 0 saturated carbocycles. The zero-order chi connectivity index (χ0) is 21.8. The summed E-state index contributed by atoms with van der Waals surface area (Å²) in [4.78, 5) is 29.5. The fourth-order valence-electron chi connectivity index (χ4n) is 4.66. The number of hydrogen-bond donors (Lipinski definition) is 1. The van der Waals surface area contributed by atoms with Crippen LogP contribution in [0.2, 0.25) is 0 Å². The molecule has 6 heteroatoms. The second kappa shape index (κ2) is 9.52. The van der Waals surface area contributed by atoms with E-state index in [1.165, 1.54) is 5.56 Å². The maximum Gasteiger partial charge on any atom is 0.253 e. The van der Waals surface area contributed by atoms with E-state index < -0.39 is 6.04 Å². The molecule has 3 atom stereocenters. The summed E-state index contributed by atoms with van der Waals surface area (Å²) in [7, 11) is 1.78. The van der Waals surface area contributed by atoms with Crippen LogP contribution in [0.4, 0.5) is 0 Å². The molecule has 4 rings (SSSR count). The molecule has 1 saturated heterocycles. The van der Waals surface area contributed by atoms with E-state index in [-0.39, 0.29) is 17.9 Å². The lowest BCUT2D eigenvalue weighted by molar-refractivity contribution is -0.134. The number of amides is 2. The highest BCUT2D eigenvalue weighted by Crippen LogP contribution is 2.28. The Morgan fingerprint density at radius 3 is 2.71 bits per heavy atom. The van der Waals surface area contributed by atoms with Gasteiger partial charge in [0.1, 0.15) is 12.4 Å². The zero-order valence-corrected chi connectivity index (χ0v) is 18.1. The van der Waals surface area contributed by atoms with Crippen molar-refractivity contribution in [1.29, 1.82) is 0 Å². The summed E-state index contributed by atoms with van der Waals surface area (Å²) < 4.78 is 6.07. The van der Waals surface area contributed by atoms with Crippen molar-refractivity contribution in [3.8, 4) is 5.75 Å². The minimum absolute atomic E-state index is 0.0102. The smallest absolute Gasteiger partial charge is 0.253 e. The third-order valence-corrected chi connectivity index (χ3v) is 6.35. The SMILES string of the molecule is CN1CCC[C@H](N)C(=O)N2C[C@@H](Cc3ccccc3)C[C@H]2COc2cccc(c2)C1=O. The normalized spacial score (nSPS) is 25.0. The molecule has 2 heterocycles. The van der Waals surface area contributed by atoms with Gasteiger partial charge < -0.3 is 20.3 Å². The molecule has 0 radical (unpaired) electrons. The minimum atomic E-state index is -0.553. The second-order valence-electron chi connectivity index (χ2n) is 8.75. The Morgan fingerprint density at radius 2 is 1.90 bits per heavy atom. The zero-order valence-electron chi connectivity index (χ0n) is 18.1. The molecule has 2 aromatic carbocycles. The Balaban J connectivity index is 1.54. The first kappa shape index (κ1) is 21.4. The minimum Gasteiger partial charge on any atom is -0.491 e. The Bertz CT molecular complexity index is 917. The van der Waals surface area contributed by atoms with Crippen LogP contribution in [-0.4, -0.2) is 60.4 Å². The molecule has 2 aliphatic rings. The van der Waals surface area contributed by atoms with E-state index in [0.29, 0.717) is 49.8 Å². The monoisotopic (exact) mass is 421 g/mol. The molecule has 1 fully saturated rings. The van der Waals surface area contributed by atoms with E-state index >= 15 is 0 Å².